The molecule has 0 aliphatic heterocycles. The second kappa shape index (κ2) is 6.23. The first kappa shape index (κ1) is 13.5. The summed E-state index contributed by atoms with van der Waals surface area (Å²) in [5.41, 5.74) is 13.0. The molecular weight excluding hydrogens is 268 g/mol. The van der Waals surface area contributed by atoms with E-state index in [1.165, 1.54) is 0 Å². The molecule has 4 N–H and O–H groups in total. The number of ether oxygens (including phenoxy) is 1. The van der Waals surface area contributed by atoms with Crippen LogP contribution in [0.4, 0.5) is 0 Å². The fraction of sp³-hybridized carbons (Fsp3) is 0.500. The van der Waals surface area contributed by atoms with Gasteiger partial charge in [-0.2, -0.15) is 0 Å². The third-order valence-corrected chi connectivity index (χ3v) is 3.38. The van der Waals surface area contributed by atoms with Gasteiger partial charge < -0.3 is 16.2 Å². The molecule has 0 saturated carbocycles. The number of rotatable bonds is 5. The molecule has 1 aromatic rings. The summed E-state index contributed by atoms with van der Waals surface area (Å²) >= 11 is 3.44. The summed E-state index contributed by atoms with van der Waals surface area (Å²) in [6.07, 6.45) is 0.966. The molecule has 90 valence electrons. The maximum atomic E-state index is 6.22. The third kappa shape index (κ3) is 2.97. The fourth-order valence-electron chi connectivity index (χ4n) is 1.79. The highest BCUT2D eigenvalue weighted by molar-refractivity contribution is 9.10. The molecule has 0 aliphatic carbocycles. The second-order valence-corrected chi connectivity index (χ2v) is 4.73. The van der Waals surface area contributed by atoms with E-state index in [9.17, 15) is 0 Å². The van der Waals surface area contributed by atoms with Crippen LogP contribution in [0.5, 0.6) is 5.75 Å². The molecule has 1 aromatic carbocycles. The number of hydrogen-bond donors (Lipinski definition) is 2. The van der Waals surface area contributed by atoms with Crippen LogP contribution in [0.2, 0.25) is 0 Å². The Kier molecular flexibility index (Phi) is 5.25. The van der Waals surface area contributed by atoms with Gasteiger partial charge in [-0.3, -0.25) is 0 Å². The summed E-state index contributed by atoms with van der Waals surface area (Å²) in [6, 6.07) is 5.78. The molecule has 0 spiro atoms. The normalized spacial score (nSPS) is 14.6. The van der Waals surface area contributed by atoms with E-state index in [4.69, 9.17) is 16.2 Å². The predicted molar refractivity (Wildman–Crippen MR) is 70.5 cm³/mol. The molecule has 1 rings (SSSR count). The number of methoxy groups -OCH3 is 1. The van der Waals surface area contributed by atoms with Crippen LogP contribution in [0.3, 0.4) is 0 Å². The molecule has 0 amide bonds. The molecule has 0 bridgehead atoms. The van der Waals surface area contributed by atoms with Gasteiger partial charge in [-0.05, 0) is 30.7 Å². The highest BCUT2D eigenvalue weighted by atomic mass is 79.9. The van der Waals surface area contributed by atoms with E-state index in [0.29, 0.717) is 6.54 Å². The quantitative estimate of drug-likeness (QED) is 0.874. The summed E-state index contributed by atoms with van der Waals surface area (Å²) in [4.78, 5) is 0. The summed E-state index contributed by atoms with van der Waals surface area (Å²) in [5, 5.41) is 0. The number of halogens is 1. The zero-order valence-electron chi connectivity index (χ0n) is 9.74. The second-order valence-electron chi connectivity index (χ2n) is 3.82. The minimum atomic E-state index is -0.0811. The SMILES string of the molecule is CCC(CN)C(N)c1cc(Br)ccc1OC. The van der Waals surface area contributed by atoms with Gasteiger partial charge in [-0.15, -0.1) is 0 Å². The van der Waals surface area contributed by atoms with Gasteiger partial charge in [0.2, 0.25) is 0 Å². The lowest BCUT2D eigenvalue weighted by atomic mass is 9.91. The van der Waals surface area contributed by atoms with Crippen LogP contribution in [0.15, 0.2) is 22.7 Å². The molecule has 0 saturated heterocycles. The standard InChI is InChI=1S/C12H19BrN2O/c1-3-8(7-14)12(15)10-6-9(13)4-5-11(10)16-2/h4-6,8,12H,3,7,14-15H2,1-2H3. The minimum absolute atomic E-state index is 0.0811. The Labute approximate surface area is 105 Å². The Hall–Kier alpha value is -0.580. The van der Waals surface area contributed by atoms with Crippen LogP contribution in [0.25, 0.3) is 0 Å². The molecule has 0 aliphatic rings. The van der Waals surface area contributed by atoms with Gasteiger partial charge in [0.25, 0.3) is 0 Å². The third-order valence-electron chi connectivity index (χ3n) is 2.89. The van der Waals surface area contributed by atoms with Crippen molar-refractivity contribution in [3.8, 4) is 5.75 Å². The van der Waals surface area contributed by atoms with E-state index in [2.05, 4.69) is 22.9 Å². The van der Waals surface area contributed by atoms with E-state index < -0.39 is 0 Å². The summed E-state index contributed by atoms with van der Waals surface area (Å²) in [5.74, 6) is 1.10. The Bertz CT molecular complexity index is 340. The van der Waals surface area contributed by atoms with Crippen LogP contribution in [0.1, 0.15) is 24.9 Å². The first-order chi connectivity index (χ1) is 7.63. The summed E-state index contributed by atoms with van der Waals surface area (Å²) in [6.45, 7) is 2.69. The van der Waals surface area contributed by atoms with E-state index in [1.54, 1.807) is 7.11 Å². The molecule has 2 atom stereocenters. The smallest absolute Gasteiger partial charge is 0.123 e. The van der Waals surface area contributed by atoms with E-state index >= 15 is 0 Å². The molecule has 3 nitrogen and oxygen atoms in total. The molecule has 4 heteroatoms. The lowest BCUT2D eigenvalue weighted by Gasteiger charge is -2.23. The largest absolute Gasteiger partial charge is 0.496 e. The van der Waals surface area contributed by atoms with Crippen LogP contribution in [-0.2, 0) is 0 Å². The highest BCUT2D eigenvalue weighted by Crippen LogP contribution is 2.31. The first-order valence-electron chi connectivity index (χ1n) is 5.43. The number of nitrogens with two attached hydrogens (primary N) is 2. The van der Waals surface area contributed by atoms with Gasteiger partial charge in [0, 0.05) is 16.1 Å². The Morgan fingerprint density at radius 2 is 2.12 bits per heavy atom. The molecule has 2 unspecified atom stereocenters. The van der Waals surface area contributed by atoms with Crippen LogP contribution < -0.4 is 16.2 Å². The molecule has 16 heavy (non-hydrogen) atoms. The van der Waals surface area contributed by atoms with Crippen molar-refractivity contribution in [3.05, 3.63) is 28.2 Å². The first-order valence-corrected chi connectivity index (χ1v) is 6.22. The summed E-state index contributed by atoms with van der Waals surface area (Å²) < 4.78 is 6.32. The highest BCUT2D eigenvalue weighted by Gasteiger charge is 2.20. The average molecular weight is 287 g/mol. The van der Waals surface area contributed by atoms with Crippen molar-refractivity contribution in [3.63, 3.8) is 0 Å². The lowest BCUT2D eigenvalue weighted by Crippen LogP contribution is -2.27. The number of hydrogen-bond acceptors (Lipinski definition) is 3. The van der Waals surface area contributed by atoms with Gasteiger partial charge in [-0.25, -0.2) is 0 Å². The monoisotopic (exact) mass is 286 g/mol. The maximum absolute atomic E-state index is 6.22. The van der Waals surface area contributed by atoms with Gasteiger partial charge in [-0.1, -0.05) is 29.3 Å². The molecule has 0 heterocycles. The molecule has 0 radical (unpaired) electrons. The van der Waals surface area contributed by atoms with Crippen molar-refractivity contribution in [2.75, 3.05) is 13.7 Å². The van der Waals surface area contributed by atoms with Crippen LogP contribution in [-0.4, -0.2) is 13.7 Å². The van der Waals surface area contributed by atoms with E-state index in [-0.39, 0.29) is 12.0 Å². The van der Waals surface area contributed by atoms with Crippen molar-refractivity contribution >= 4 is 15.9 Å². The Morgan fingerprint density at radius 3 is 2.62 bits per heavy atom. The number of benzene rings is 1. The van der Waals surface area contributed by atoms with Crippen molar-refractivity contribution in [2.45, 2.75) is 19.4 Å². The predicted octanol–water partition coefficient (Wildman–Crippen LogP) is 2.44. The van der Waals surface area contributed by atoms with Crippen molar-refractivity contribution < 1.29 is 4.74 Å². The molecular formula is C12H19BrN2O. The van der Waals surface area contributed by atoms with E-state index in [0.717, 1.165) is 22.2 Å². The topological polar surface area (TPSA) is 61.3 Å². The van der Waals surface area contributed by atoms with Crippen molar-refractivity contribution in [1.29, 1.82) is 0 Å². The molecule has 0 fully saturated rings. The maximum Gasteiger partial charge on any atom is 0.123 e. The zero-order valence-corrected chi connectivity index (χ0v) is 11.3. The minimum Gasteiger partial charge on any atom is -0.496 e. The van der Waals surface area contributed by atoms with Crippen molar-refractivity contribution in [2.24, 2.45) is 17.4 Å². The van der Waals surface area contributed by atoms with E-state index in [1.807, 2.05) is 18.2 Å². The Morgan fingerprint density at radius 1 is 1.44 bits per heavy atom. The van der Waals surface area contributed by atoms with Gasteiger partial charge in [0.1, 0.15) is 5.75 Å². The Balaban J connectivity index is 3.04. The lowest BCUT2D eigenvalue weighted by molar-refractivity contribution is 0.380. The van der Waals surface area contributed by atoms with Crippen molar-refractivity contribution in [1.82, 2.24) is 0 Å². The van der Waals surface area contributed by atoms with Gasteiger partial charge in [0.15, 0.2) is 0 Å². The van der Waals surface area contributed by atoms with Crippen LogP contribution >= 0.6 is 15.9 Å². The fourth-order valence-corrected chi connectivity index (χ4v) is 2.17. The molecule has 0 aromatic heterocycles. The zero-order chi connectivity index (χ0) is 12.1. The van der Waals surface area contributed by atoms with Gasteiger partial charge >= 0.3 is 0 Å². The average Bonchev–Trinajstić information content (AvgIpc) is 2.30. The van der Waals surface area contributed by atoms with Crippen LogP contribution in [0, 0.1) is 5.92 Å². The van der Waals surface area contributed by atoms with Gasteiger partial charge in [0.05, 0.1) is 7.11 Å². The summed E-state index contributed by atoms with van der Waals surface area (Å²) in [7, 11) is 1.66.